The maximum atomic E-state index is 13.2. The van der Waals surface area contributed by atoms with Crippen LogP contribution >= 0.6 is 22.6 Å². The van der Waals surface area contributed by atoms with Crippen LogP contribution in [0.3, 0.4) is 0 Å². The highest BCUT2D eigenvalue weighted by molar-refractivity contribution is 14.1. The van der Waals surface area contributed by atoms with Gasteiger partial charge in [0.2, 0.25) is 0 Å². The number of phenols is 1. The fourth-order valence-electron chi connectivity index (χ4n) is 3.78. The first-order valence-electron chi connectivity index (χ1n) is 11.5. The van der Waals surface area contributed by atoms with Crippen LogP contribution in [-0.2, 0) is 16.2 Å². The molecule has 4 amide bonds. The van der Waals surface area contributed by atoms with Crippen LogP contribution in [-0.4, -0.2) is 29.6 Å². The van der Waals surface area contributed by atoms with E-state index in [1.54, 1.807) is 12.1 Å². The van der Waals surface area contributed by atoms with Crippen molar-refractivity contribution in [3.63, 3.8) is 0 Å². The molecule has 1 aliphatic rings. The van der Waals surface area contributed by atoms with Crippen LogP contribution < -0.4 is 19.7 Å². The largest absolute Gasteiger partial charge is 0.508 e. The molecule has 1 saturated heterocycles. The van der Waals surface area contributed by atoms with Gasteiger partial charge < -0.3 is 14.6 Å². The Morgan fingerprint density at radius 1 is 0.973 bits per heavy atom. The Hall–Kier alpha value is -3.86. The van der Waals surface area contributed by atoms with Gasteiger partial charge in [-0.25, -0.2) is 9.69 Å². The van der Waals surface area contributed by atoms with Gasteiger partial charge in [0, 0.05) is 0 Å². The molecule has 0 bridgehead atoms. The molecular weight excluding hydrogens is 587 g/mol. The quantitative estimate of drug-likeness (QED) is 0.215. The van der Waals surface area contributed by atoms with Crippen molar-refractivity contribution < 1.29 is 29.0 Å². The SMILES string of the molecule is CCOc1cc(/C=C2\C(=O)NC(=O)N(c3ccc(O)cc3)C2=O)cc(I)c1OCc1ccc(C)c(C)c1. The summed E-state index contributed by atoms with van der Waals surface area (Å²) in [6.45, 7) is 6.70. The lowest BCUT2D eigenvalue weighted by Gasteiger charge is -2.26. The Morgan fingerprint density at radius 2 is 1.70 bits per heavy atom. The molecule has 0 spiro atoms. The number of benzene rings is 3. The summed E-state index contributed by atoms with van der Waals surface area (Å²) in [6.07, 6.45) is 1.41. The summed E-state index contributed by atoms with van der Waals surface area (Å²) in [5, 5.41) is 11.7. The average Bonchev–Trinajstić information content (AvgIpc) is 2.84. The van der Waals surface area contributed by atoms with Crippen molar-refractivity contribution in [2.24, 2.45) is 0 Å². The van der Waals surface area contributed by atoms with Crippen LogP contribution in [0.5, 0.6) is 17.2 Å². The number of carbonyl (C=O) groups excluding carboxylic acids is 3. The van der Waals surface area contributed by atoms with Gasteiger partial charge in [-0.3, -0.25) is 14.9 Å². The van der Waals surface area contributed by atoms with E-state index in [1.165, 1.54) is 41.5 Å². The first-order valence-corrected chi connectivity index (χ1v) is 12.6. The minimum atomic E-state index is -0.863. The number of amides is 4. The van der Waals surface area contributed by atoms with E-state index in [0.29, 0.717) is 30.3 Å². The molecule has 3 aromatic carbocycles. The molecule has 37 heavy (non-hydrogen) atoms. The molecule has 1 aliphatic heterocycles. The van der Waals surface area contributed by atoms with E-state index in [1.807, 2.05) is 13.0 Å². The summed E-state index contributed by atoms with van der Waals surface area (Å²) in [5.74, 6) is -0.558. The average molecular weight is 612 g/mol. The van der Waals surface area contributed by atoms with E-state index in [-0.39, 0.29) is 17.0 Å². The maximum Gasteiger partial charge on any atom is 0.335 e. The van der Waals surface area contributed by atoms with Crippen molar-refractivity contribution in [3.05, 3.63) is 86.0 Å². The Morgan fingerprint density at radius 3 is 2.38 bits per heavy atom. The number of nitrogens with zero attached hydrogens (tertiary/aromatic N) is 1. The number of nitrogens with one attached hydrogen (secondary N) is 1. The van der Waals surface area contributed by atoms with Gasteiger partial charge in [0.25, 0.3) is 11.8 Å². The molecular formula is C28H25IN2O6. The van der Waals surface area contributed by atoms with Crippen molar-refractivity contribution in [3.8, 4) is 17.2 Å². The zero-order valence-corrected chi connectivity index (χ0v) is 22.7. The topological polar surface area (TPSA) is 105 Å². The molecule has 1 fully saturated rings. The van der Waals surface area contributed by atoms with Crippen molar-refractivity contribution in [2.45, 2.75) is 27.4 Å². The van der Waals surface area contributed by atoms with Crippen molar-refractivity contribution >= 4 is 52.2 Å². The fourth-order valence-corrected chi connectivity index (χ4v) is 4.56. The van der Waals surface area contributed by atoms with E-state index in [0.717, 1.165) is 14.0 Å². The third-order valence-electron chi connectivity index (χ3n) is 5.81. The molecule has 8 nitrogen and oxygen atoms in total. The number of anilines is 1. The first-order chi connectivity index (χ1) is 17.7. The third kappa shape index (κ3) is 5.77. The second-order valence-corrected chi connectivity index (χ2v) is 9.61. The molecule has 2 N–H and O–H groups in total. The number of rotatable bonds is 7. The van der Waals surface area contributed by atoms with E-state index in [9.17, 15) is 19.5 Å². The smallest absolute Gasteiger partial charge is 0.335 e. The third-order valence-corrected chi connectivity index (χ3v) is 6.61. The highest BCUT2D eigenvalue weighted by Crippen LogP contribution is 2.36. The molecule has 0 saturated carbocycles. The molecule has 3 aromatic rings. The number of barbiturate groups is 1. The van der Waals surface area contributed by atoms with Gasteiger partial charge in [-0.1, -0.05) is 18.2 Å². The number of carbonyl (C=O) groups is 3. The van der Waals surface area contributed by atoms with Crippen LogP contribution in [0.15, 0.2) is 60.2 Å². The molecule has 1 heterocycles. The summed E-state index contributed by atoms with van der Waals surface area (Å²) in [5.41, 5.74) is 3.95. The van der Waals surface area contributed by atoms with Gasteiger partial charge in [-0.05, 0) is 108 Å². The summed E-state index contributed by atoms with van der Waals surface area (Å²) >= 11 is 2.12. The summed E-state index contributed by atoms with van der Waals surface area (Å²) in [6, 6.07) is 14.3. The zero-order valence-electron chi connectivity index (χ0n) is 20.5. The molecule has 0 atom stereocenters. The van der Waals surface area contributed by atoms with Crippen molar-refractivity contribution in [2.75, 3.05) is 11.5 Å². The highest BCUT2D eigenvalue weighted by atomic mass is 127. The fraction of sp³-hybridized carbons (Fsp3) is 0.179. The van der Waals surface area contributed by atoms with Gasteiger partial charge in [0.15, 0.2) is 11.5 Å². The Labute approximate surface area is 228 Å². The minimum absolute atomic E-state index is 0.0155. The van der Waals surface area contributed by atoms with Gasteiger partial charge in [0.1, 0.15) is 17.9 Å². The van der Waals surface area contributed by atoms with E-state index < -0.39 is 17.8 Å². The molecule has 0 aliphatic carbocycles. The monoisotopic (exact) mass is 612 g/mol. The van der Waals surface area contributed by atoms with Crippen LogP contribution in [0.1, 0.15) is 29.2 Å². The maximum absolute atomic E-state index is 13.2. The lowest BCUT2D eigenvalue weighted by molar-refractivity contribution is -0.122. The standard InChI is InChI=1S/C28H25IN2O6/c1-4-36-24-14-19(13-23(29)25(24)37-15-18-6-5-16(2)17(3)11-18)12-22-26(33)30-28(35)31(27(22)34)20-7-9-21(32)10-8-20/h5-14,32H,4,15H2,1-3H3,(H,30,33,35)/b22-12+. The van der Waals surface area contributed by atoms with Gasteiger partial charge in [0.05, 0.1) is 15.9 Å². The molecule has 0 radical (unpaired) electrons. The highest BCUT2D eigenvalue weighted by Gasteiger charge is 2.36. The van der Waals surface area contributed by atoms with E-state index >= 15 is 0 Å². The number of aryl methyl sites for hydroxylation is 2. The number of imide groups is 2. The number of aromatic hydroxyl groups is 1. The number of phenolic OH excluding ortho intramolecular Hbond substituents is 1. The van der Waals surface area contributed by atoms with E-state index in [4.69, 9.17) is 9.47 Å². The lowest BCUT2D eigenvalue weighted by atomic mass is 10.1. The van der Waals surface area contributed by atoms with E-state index in [2.05, 4.69) is 53.9 Å². The second kappa shape index (κ2) is 11.0. The Balaban J connectivity index is 1.65. The Kier molecular flexibility index (Phi) is 7.82. The molecule has 4 rings (SSSR count). The predicted octanol–water partition coefficient (Wildman–Crippen LogP) is 5.26. The van der Waals surface area contributed by atoms with Crippen molar-refractivity contribution in [1.29, 1.82) is 0 Å². The zero-order chi connectivity index (χ0) is 26.7. The number of hydrogen-bond acceptors (Lipinski definition) is 6. The second-order valence-electron chi connectivity index (χ2n) is 8.44. The summed E-state index contributed by atoms with van der Waals surface area (Å²) in [7, 11) is 0. The first kappa shape index (κ1) is 26.2. The number of urea groups is 1. The number of ether oxygens (including phenoxy) is 2. The molecule has 0 unspecified atom stereocenters. The normalized spacial score (nSPS) is 14.6. The van der Waals surface area contributed by atoms with Gasteiger partial charge >= 0.3 is 6.03 Å². The molecule has 190 valence electrons. The minimum Gasteiger partial charge on any atom is -0.508 e. The molecule has 0 aromatic heterocycles. The van der Waals surface area contributed by atoms with Gasteiger partial charge in [-0.15, -0.1) is 0 Å². The summed E-state index contributed by atoms with van der Waals surface area (Å²) < 4.78 is 12.7. The Bertz CT molecular complexity index is 1410. The van der Waals surface area contributed by atoms with Gasteiger partial charge in [-0.2, -0.15) is 0 Å². The van der Waals surface area contributed by atoms with Crippen LogP contribution in [0.4, 0.5) is 10.5 Å². The molecule has 9 heteroatoms. The lowest BCUT2D eigenvalue weighted by Crippen LogP contribution is -2.54. The number of hydrogen-bond donors (Lipinski definition) is 2. The van der Waals surface area contributed by atoms with Crippen LogP contribution in [0, 0.1) is 17.4 Å². The number of halogens is 1. The van der Waals surface area contributed by atoms with Crippen molar-refractivity contribution in [1.82, 2.24) is 5.32 Å². The van der Waals surface area contributed by atoms with Crippen LogP contribution in [0.2, 0.25) is 0 Å². The van der Waals surface area contributed by atoms with Crippen LogP contribution in [0.25, 0.3) is 6.08 Å². The predicted molar refractivity (Wildman–Crippen MR) is 148 cm³/mol. The summed E-state index contributed by atoms with van der Waals surface area (Å²) in [4.78, 5) is 39.0.